The van der Waals surface area contributed by atoms with E-state index in [1.807, 2.05) is 0 Å². The molecule has 1 aromatic rings. The van der Waals surface area contributed by atoms with E-state index < -0.39 is 5.91 Å². The van der Waals surface area contributed by atoms with Crippen molar-refractivity contribution < 1.29 is 9.53 Å². The first-order valence-corrected chi connectivity index (χ1v) is 4.47. The predicted octanol–water partition coefficient (Wildman–Crippen LogP) is 0.513. The van der Waals surface area contributed by atoms with Gasteiger partial charge in [-0.1, -0.05) is 0 Å². The van der Waals surface area contributed by atoms with E-state index in [4.69, 9.17) is 16.2 Å². The monoisotopic (exact) mass is 194 g/mol. The summed E-state index contributed by atoms with van der Waals surface area (Å²) in [5, 5.41) is 0. The maximum absolute atomic E-state index is 10.7. The van der Waals surface area contributed by atoms with Crippen LogP contribution in [-0.4, -0.2) is 19.1 Å². The molecule has 4 nitrogen and oxygen atoms in total. The van der Waals surface area contributed by atoms with Crippen molar-refractivity contribution in [2.75, 3.05) is 13.2 Å². The average molecular weight is 194 g/mol. The molecule has 1 aromatic carbocycles. The van der Waals surface area contributed by atoms with E-state index in [-0.39, 0.29) is 0 Å². The van der Waals surface area contributed by atoms with Gasteiger partial charge in [-0.25, -0.2) is 0 Å². The van der Waals surface area contributed by atoms with Crippen LogP contribution in [0.3, 0.4) is 0 Å². The van der Waals surface area contributed by atoms with Crippen molar-refractivity contribution in [1.82, 2.24) is 0 Å². The van der Waals surface area contributed by atoms with Crippen LogP contribution >= 0.6 is 0 Å². The third-order valence-electron chi connectivity index (χ3n) is 1.76. The second-order valence-electron chi connectivity index (χ2n) is 2.88. The molecule has 1 amide bonds. The summed E-state index contributed by atoms with van der Waals surface area (Å²) < 4.78 is 5.35. The van der Waals surface area contributed by atoms with Gasteiger partial charge in [-0.2, -0.15) is 0 Å². The second-order valence-corrected chi connectivity index (χ2v) is 2.88. The highest BCUT2D eigenvalue weighted by Crippen LogP contribution is 2.11. The third-order valence-corrected chi connectivity index (χ3v) is 1.76. The highest BCUT2D eigenvalue weighted by molar-refractivity contribution is 5.92. The van der Waals surface area contributed by atoms with E-state index in [0.717, 1.165) is 12.2 Å². The number of carbonyl (C=O) groups is 1. The minimum absolute atomic E-state index is 0.432. The topological polar surface area (TPSA) is 78.3 Å². The molecule has 0 saturated heterocycles. The maximum atomic E-state index is 10.7. The highest BCUT2D eigenvalue weighted by Gasteiger charge is 1.99. The van der Waals surface area contributed by atoms with Crippen molar-refractivity contribution >= 4 is 5.91 Å². The number of nitrogens with two attached hydrogens (primary N) is 2. The first-order chi connectivity index (χ1) is 6.74. The number of hydrogen-bond donors (Lipinski definition) is 2. The molecule has 0 aliphatic carbocycles. The number of carbonyl (C=O) groups excluding carboxylic acids is 1. The van der Waals surface area contributed by atoms with E-state index in [1.165, 1.54) is 0 Å². The summed E-state index contributed by atoms with van der Waals surface area (Å²) in [4.78, 5) is 10.7. The van der Waals surface area contributed by atoms with Gasteiger partial charge in [0.25, 0.3) is 0 Å². The normalized spacial score (nSPS) is 9.79. The number of ether oxygens (including phenoxy) is 1. The largest absolute Gasteiger partial charge is 0.494 e. The first-order valence-electron chi connectivity index (χ1n) is 4.47. The lowest BCUT2D eigenvalue weighted by Crippen LogP contribution is -2.10. The number of amides is 1. The Morgan fingerprint density at radius 1 is 1.29 bits per heavy atom. The fraction of sp³-hybridized carbons (Fsp3) is 0.300. The quantitative estimate of drug-likeness (QED) is 0.670. The Balaban J connectivity index is 2.51. The van der Waals surface area contributed by atoms with Crippen LogP contribution in [0.4, 0.5) is 0 Å². The molecule has 1 rings (SSSR count). The zero-order chi connectivity index (χ0) is 10.4. The minimum atomic E-state index is -0.432. The maximum Gasteiger partial charge on any atom is 0.248 e. The Hall–Kier alpha value is -1.55. The molecule has 4 N–H and O–H groups in total. The summed E-state index contributed by atoms with van der Waals surface area (Å²) >= 11 is 0. The van der Waals surface area contributed by atoms with Crippen LogP contribution in [-0.2, 0) is 0 Å². The molecule has 0 fully saturated rings. The molecule has 0 bridgehead atoms. The average Bonchev–Trinajstić information content (AvgIpc) is 2.19. The Morgan fingerprint density at radius 2 is 1.93 bits per heavy atom. The van der Waals surface area contributed by atoms with Crippen molar-refractivity contribution in [2.24, 2.45) is 11.5 Å². The fourth-order valence-corrected chi connectivity index (χ4v) is 0.989. The van der Waals surface area contributed by atoms with Crippen LogP contribution in [0.5, 0.6) is 5.75 Å². The van der Waals surface area contributed by atoms with Gasteiger partial charge >= 0.3 is 0 Å². The number of rotatable bonds is 5. The van der Waals surface area contributed by atoms with Crippen LogP contribution in [0.15, 0.2) is 24.3 Å². The molecule has 0 radical (unpaired) electrons. The fourth-order valence-electron chi connectivity index (χ4n) is 0.989. The number of primary amides is 1. The Morgan fingerprint density at radius 3 is 2.43 bits per heavy atom. The van der Waals surface area contributed by atoms with Gasteiger partial charge in [0.15, 0.2) is 0 Å². The van der Waals surface area contributed by atoms with Gasteiger partial charge in [-0.15, -0.1) is 0 Å². The molecule has 0 heterocycles. The number of hydrogen-bond acceptors (Lipinski definition) is 3. The van der Waals surface area contributed by atoms with Crippen LogP contribution in [0.25, 0.3) is 0 Å². The summed E-state index contributed by atoms with van der Waals surface area (Å²) in [6.45, 7) is 1.20. The van der Waals surface area contributed by atoms with Gasteiger partial charge in [-0.05, 0) is 37.2 Å². The van der Waals surface area contributed by atoms with Gasteiger partial charge in [0.2, 0.25) is 5.91 Å². The van der Waals surface area contributed by atoms with Crippen molar-refractivity contribution in [1.29, 1.82) is 0 Å². The second kappa shape index (κ2) is 5.24. The van der Waals surface area contributed by atoms with Gasteiger partial charge in [0.05, 0.1) is 6.61 Å². The van der Waals surface area contributed by atoms with E-state index in [0.29, 0.717) is 18.7 Å². The third kappa shape index (κ3) is 3.06. The van der Waals surface area contributed by atoms with Crippen LogP contribution in [0.1, 0.15) is 16.8 Å². The molecule has 0 saturated carbocycles. The number of benzene rings is 1. The zero-order valence-corrected chi connectivity index (χ0v) is 7.90. The summed E-state index contributed by atoms with van der Waals surface area (Å²) in [7, 11) is 0. The van der Waals surface area contributed by atoms with E-state index in [9.17, 15) is 4.79 Å². The molecular weight excluding hydrogens is 180 g/mol. The molecule has 0 spiro atoms. The molecule has 0 aliphatic heterocycles. The van der Waals surface area contributed by atoms with Crippen molar-refractivity contribution in [3.8, 4) is 5.75 Å². The van der Waals surface area contributed by atoms with Gasteiger partial charge < -0.3 is 16.2 Å². The highest BCUT2D eigenvalue weighted by atomic mass is 16.5. The van der Waals surface area contributed by atoms with E-state index >= 15 is 0 Å². The SMILES string of the molecule is NCCCOc1ccc(C(N)=O)cc1. The molecule has 0 unspecified atom stereocenters. The molecule has 0 aliphatic rings. The Labute approximate surface area is 82.8 Å². The standard InChI is InChI=1S/C10H14N2O2/c11-6-1-7-14-9-4-2-8(3-5-9)10(12)13/h2-5H,1,6-7,11H2,(H2,12,13). The molecule has 14 heavy (non-hydrogen) atoms. The molecular formula is C10H14N2O2. The lowest BCUT2D eigenvalue weighted by atomic mass is 10.2. The van der Waals surface area contributed by atoms with Crippen LogP contribution in [0.2, 0.25) is 0 Å². The summed E-state index contributed by atoms with van der Waals surface area (Å²) in [6, 6.07) is 6.72. The van der Waals surface area contributed by atoms with E-state index in [1.54, 1.807) is 24.3 Å². The lowest BCUT2D eigenvalue weighted by molar-refractivity contribution is 0.100. The van der Waals surface area contributed by atoms with Gasteiger partial charge in [0, 0.05) is 5.56 Å². The lowest BCUT2D eigenvalue weighted by Gasteiger charge is -2.04. The Bertz CT molecular complexity index is 295. The predicted molar refractivity (Wildman–Crippen MR) is 54.1 cm³/mol. The first kappa shape index (κ1) is 10.5. The van der Waals surface area contributed by atoms with Gasteiger partial charge in [-0.3, -0.25) is 4.79 Å². The minimum Gasteiger partial charge on any atom is -0.494 e. The molecule has 0 aromatic heterocycles. The van der Waals surface area contributed by atoms with E-state index in [2.05, 4.69) is 0 Å². The summed E-state index contributed by atoms with van der Waals surface area (Å²) in [6.07, 6.45) is 0.817. The molecule has 0 atom stereocenters. The zero-order valence-electron chi connectivity index (χ0n) is 7.90. The van der Waals surface area contributed by atoms with Crippen molar-refractivity contribution in [2.45, 2.75) is 6.42 Å². The molecule has 4 heteroatoms. The smallest absolute Gasteiger partial charge is 0.248 e. The van der Waals surface area contributed by atoms with Gasteiger partial charge in [0.1, 0.15) is 5.75 Å². The van der Waals surface area contributed by atoms with Crippen LogP contribution < -0.4 is 16.2 Å². The summed E-state index contributed by atoms with van der Waals surface area (Å²) in [5.74, 6) is 0.293. The summed E-state index contributed by atoms with van der Waals surface area (Å²) in [5.41, 5.74) is 10.9. The van der Waals surface area contributed by atoms with Crippen molar-refractivity contribution in [3.63, 3.8) is 0 Å². The van der Waals surface area contributed by atoms with Crippen LogP contribution in [0, 0.1) is 0 Å². The van der Waals surface area contributed by atoms with Crippen molar-refractivity contribution in [3.05, 3.63) is 29.8 Å². The Kier molecular flexibility index (Phi) is 3.94. The molecule has 76 valence electrons.